The third kappa shape index (κ3) is 5.13. The molecule has 0 aromatic heterocycles. The highest BCUT2D eigenvalue weighted by atomic mass is 32.2. The van der Waals surface area contributed by atoms with Gasteiger partial charge in [-0.3, -0.25) is 4.79 Å². The summed E-state index contributed by atoms with van der Waals surface area (Å²) in [5.41, 5.74) is 0.792. The molecule has 31 heavy (non-hydrogen) atoms. The van der Waals surface area contributed by atoms with E-state index in [9.17, 15) is 30.0 Å². The zero-order chi connectivity index (χ0) is 23.0. The van der Waals surface area contributed by atoms with Gasteiger partial charge in [-0.25, -0.2) is 39.4 Å². The average molecular weight is 488 g/mol. The molecule has 1 aliphatic heterocycles. The fourth-order valence-electron chi connectivity index (χ4n) is 3.11. The van der Waals surface area contributed by atoms with Crippen LogP contribution in [0.1, 0.15) is 12.5 Å². The Labute approximate surface area is 181 Å². The van der Waals surface area contributed by atoms with Crippen molar-refractivity contribution in [2.24, 2.45) is 11.1 Å². The van der Waals surface area contributed by atoms with Crippen LogP contribution < -0.4 is 14.2 Å². The van der Waals surface area contributed by atoms with Gasteiger partial charge in [0.2, 0.25) is 36.0 Å². The van der Waals surface area contributed by atoms with Gasteiger partial charge in [-0.2, -0.15) is 0 Å². The molecule has 1 fully saturated rings. The van der Waals surface area contributed by atoms with Gasteiger partial charge in [0.1, 0.15) is 0 Å². The largest absolute Gasteiger partial charge is 0.273 e. The minimum Gasteiger partial charge on any atom is -0.273 e. The highest BCUT2D eigenvalue weighted by molar-refractivity contribution is 7.94. The van der Waals surface area contributed by atoms with Crippen LogP contribution in [0.5, 0.6) is 0 Å². The van der Waals surface area contributed by atoms with E-state index in [4.69, 9.17) is 5.14 Å². The Morgan fingerprint density at radius 1 is 1.00 bits per heavy atom. The summed E-state index contributed by atoms with van der Waals surface area (Å²) < 4.78 is 74.9. The summed E-state index contributed by atoms with van der Waals surface area (Å²) in [6.07, 6.45) is 0.306. The molecule has 10 nitrogen and oxygen atoms in total. The number of hydrogen-bond donors (Lipinski definition) is 2. The van der Waals surface area contributed by atoms with Crippen LogP contribution in [0.25, 0.3) is 0 Å². The molecule has 0 bridgehead atoms. The number of amides is 1. The molecule has 1 saturated heterocycles. The predicted octanol–water partition coefficient (Wildman–Crippen LogP) is 0.168. The monoisotopic (exact) mass is 487 g/mol. The molecule has 13 heteroatoms. The van der Waals surface area contributed by atoms with E-state index in [-0.39, 0.29) is 27.8 Å². The number of nitrogens with one attached hydrogen (secondary N) is 1. The van der Waals surface area contributed by atoms with E-state index < -0.39 is 41.9 Å². The lowest BCUT2D eigenvalue weighted by molar-refractivity contribution is -0.119. The molecule has 2 aromatic rings. The molecular weight excluding hydrogens is 466 g/mol. The summed E-state index contributed by atoms with van der Waals surface area (Å²) in [6.45, 7) is 1.57. The van der Waals surface area contributed by atoms with E-state index >= 15 is 0 Å². The molecule has 3 N–H and O–H groups in total. The number of nitrogens with zero attached hydrogens (tertiary/aromatic N) is 1. The van der Waals surface area contributed by atoms with E-state index in [1.165, 1.54) is 55.5 Å². The SMILES string of the molecule is C[C@H]1CS(=O)(=O)N(c2ccc(S(=O)(=O)NCCc3ccc(S(N)(=O)=O)cc3)cc2)C1=O. The standard InChI is InChI=1S/C18H21N3O7S3/c1-13-12-29(23,24)21(18(13)22)15-4-8-17(9-5-15)31(27,28)20-11-10-14-2-6-16(7-3-14)30(19,25)26/h2-9,13,20H,10-12H2,1H3,(H2,19,25,26)/t13-/m0/s1. The maximum absolute atomic E-state index is 12.5. The topological polar surface area (TPSA) is 161 Å². The molecule has 0 radical (unpaired) electrons. The van der Waals surface area contributed by atoms with E-state index in [0.717, 1.165) is 0 Å². The number of nitrogens with two attached hydrogens (primary N) is 1. The Balaban J connectivity index is 1.67. The predicted molar refractivity (Wildman–Crippen MR) is 114 cm³/mol. The van der Waals surface area contributed by atoms with Gasteiger partial charge in [-0.1, -0.05) is 19.1 Å². The molecule has 1 amide bonds. The highest BCUT2D eigenvalue weighted by Crippen LogP contribution is 2.28. The first-order valence-electron chi connectivity index (χ1n) is 9.09. The lowest BCUT2D eigenvalue weighted by Gasteiger charge is -2.15. The number of primary sulfonamides is 1. The molecule has 0 aliphatic carbocycles. The number of rotatable bonds is 7. The molecule has 0 unspecified atom stereocenters. The van der Waals surface area contributed by atoms with Gasteiger partial charge in [-0.15, -0.1) is 0 Å². The average Bonchev–Trinajstić information content (AvgIpc) is 2.88. The van der Waals surface area contributed by atoms with Crippen molar-refractivity contribution in [3.8, 4) is 0 Å². The summed E-state index contributed by atoms with van der Waals surface area (Å²) in [6, 6.07) is 10.8. The molecule has 0 spiro atoms. The lowest BCUT2D eigenvalue weighted by Crippen LogP contribution is -2.30. The highest BCUT2D eigenvalue weighted by Gasteiger charge is 2.41. The molecule has 0 saturated carbocycles. The first-order chi connectivity index (χ1) is 14.3. The van der Waals surface area contributed by atoms with Gasteiger partial charge in [-0.05, 0) is 48.4 Å². The van der Waals surface area contributed by atoms with Crippen molar-refractivity contribution in [2.75, 3.05) is 16.6 Å². The van der Waals surface area contributed by atoms with Crippen LogP contribution in [0.3, 0.4) is 0 Å². The molecule has 1 aliphatic rings. The lowest BCUT2D eigenvalue weighted by atomic mass is 10.2. The molecule has 3 rings (SSSR count). The van der Waals surface area contributed by atoms with E-state index in [0.29, 0.717) is 16.3 Å². The quantitative estimate of drug-likeness (QED) is 0.562. The van der Waals surface area contributed by atoms with Gasteiger partial charge < -0.3 is 0 Å². The van der Waals surface area contributed by atoms with Crippen LogP contribution in [-0.2, 0) is 41.3 Å². The van der Waals surface area contributed by atoms with Gasteiger partial charge in [0.25, 0.3) is 0 Å². The Hall–Kier alpha value is -2.32. The third-order valence-electron chi connectivity index (χ3n) is 4.70. The van der Waals surface area contributed by atoms with Crippen molar-refractivity contribution in [3.63, 3.8) is 0 Å². The minimum atomic E-state index is -3.87. The fourth-order valence-corrected chi connectivity index (χ4v) is 6.47. The van der Waals surface area contributed by atoms with Gasteiger partial charge >= 0.3 is 0 Å². The van der Waals surface area contributed by atoms with Gasteiger partial charge in [0.15, 0.2) is 0 Å². The Bertz CT molecular complexity index is 1300. The number of benzene rings is 2. The number of hydrogen-bond acceptors (Lipinski definition) is 7. The van der Waals surface area contributed by atoms with Crippen molar-refractivity contribution < 1.29 is 30.0 Å². The Morgan fingerprint density at radius 3 is 2.03 bits per heavy atom. The normalized spacial score (nSPS) is 19.0. The van der Waals surface area contributed by atoms with Crippen LogP contribution in [0, 0.1) is 5.92 Å². The third-order valence-corrected chi connectivity index (χ3v) is 8.97. The van der Waals surface area contributed by atoms with Crippen LogP contribution in [0.2, 0.25) is 0 Å². The van der Waals surface area contributed by atoms with Crippen LogP contribution in [-0.4, -0.2) is 43.5 Å². The molecule has 1 atom stereocenters. The van der Waals surface area contributed by atoms with Gasteiger partial charge in [0, 0.05) is 6.54 Å². The first kappa shape index (κ1) is 23.3. The van der Waals surface area contributed by atoms with Crippen molar-refractivity contribution in [3.05, 3.63) is 54.1 Å². The smallest absolute Gasteiger partial charge is 0.244 e. The second kappa shape index (κ2) is 8.31. The molecule has 1 heterocycles. The Kier molecular flexibility index (Phi) is 6.26. The number of sulfonamides is 3. The molecular formula is C18H21N3O7S3. The summed E-state index contributed by atoms with van der Waals surface area (Å²) in [5, 5.41) is 5.03. The van der Waals surface area contributed by atoms with Crippen LogP contribution in [0.15, 0.2) is 58.3 Å². The van der Waals surface area contributed by atoms with Gasteiger partial charge in [0.05, 0.1) is 27.1 Å². The van der Waals surface area contributed by atoms with Crippen LogP contribution in [0.4, 0.5) is 5.69 Å². The van der Waals surface area contributed by atoms with Crippen molar-refractivity contribution in [2.45, 2.75) is 23.1 Å². The van der Waals surface area contributed by atoms with Crippen molar-refractivity contribution >= 4 is 41.7 Å². The second-order valence-corrected chi connectivity index (χ2v) is 12.3. The van der Waals surface area contributed by atoms with Crippen molar-refractivity contribution in [1.82, 2.24) is 4.72 Å². The maximum Gasteiger partial charge on any atom is 0.244 e. The van der Waals surface area contributed by atoms with E-state index in [1.54, 1.807) is 0 Å². The maximum atomic E-state index is 12.5. The van der Waals surface area contributed by atoms with E-state index in [2.05, 4.69) is 4.72 Å². The minimum absolute atomic E-state index is 0.0372. The second-order valence-electron chi connectivity index (χ2n) is 7.11. The Morgan fingerprint density at radius 2 is 1.55 bits per heavy atom. The van der Waals surface area contributed by atoms with Crippen LogP contribution >= 0.6 is 0 Å². The number of carbonyl (C=O) groups is 1. The zero-order valence-corrected chi connectivity index (χ0v) is 18.9. The zero-order valence-electron chi connectivity index (χ0n) is 16.4. The summed E-state index contributed by atoms with van der Waals surface area (Å²) in [5.74, 6) is -1.50. The molecule has 168 valence electrons. The first-order valence-corrected chi connectivity index (χ1v) is 13.7. The number of anilines is 1. The number of carbonyl (C=O) groups excluding carboxylic acids is 1. The van der Waals surface area contributed by atoms with Crippen molar-refractivity contribution in [1.29, 1.82) is 0 Å². The summed E-state index contributed by atoms with van der Waals surface area (Å²) >= 11 is 0. The fraction of sp³-hybridized carbons (Fsp3) is 0.278. The molecule has 2 aromatic carbocycles. The van der Waals surface area contributed by atoms with E-state index in [1.807, 2.05) is 0 Å². The summed E-state index contributed by atoms with van der Waals surface area (Å²) in [4.78, 5) is 12.0. The summed E-state index contributed by atoms with van der Waals surface area (Å²) in [7, 11) is -11.4.